The van der Waals surface area contributed by atoms with Crippen LogP contribution in [0.2, 0.25) is 0 Å². The second kappa shape index (κ2) is 4.62. The van der Waals surface area contributed by atoms with Crippen LogP contribution in [0.15, 0.2) is 35.5 Å². The molecule has 0 saturated carbocycles. The van der Waals surface area contributed by atoms with E-state index in [9.17, 15) is 4.91 Å². The van der Waals surface area contributed by atoms with Crippen LogP contribution in [-0.4, -0.2) is 0 Å². The van der Waals surface area contributed by atoms with Crippen molar-refractivity contribution < 1.29 is 27.7 Å². The first kappa shape index (κ1) is 8.76. The molecule has 0 atom stereocenters. The molecule has 2 nitrogen and oxygen atoms in total. The Morgan fingerprint density at radius 2 is 1.67 bits per heavy atom. The molecule has 0 saturated heterocycles. The van der Waals surface area contributed by atoms with Crippen molar-refractivity contribution in [2.24, 2.45) is 5.18 Å². The fourth-order valence-electron chi connectivity index (χ4n) is 0.489. The summed E-state index contributed by atoms with van der Waals surface area (Å²) in [6, 6.07) is 8.71. The Balaban J connectivity index is 0.000000640. The third-order valence-electron chi connectivity index (χ3n) is 0.862. The van der Waals surface area contributed by atoms with Gasteiger partial charge in [0.15, 0.2) is 0 Å². The van der Waals surface area contributed by atoms with E-state index in [0.717, 1.165) is 0 Å². The fourth-order valence-corrected chi connectivity index (χ4v) is 0.489. The van der Waals surface area contributed by atoms with E-state index in [1.54, 1.807) is 24.3 Å². The van der Waals surface area contributed by atoms with Gasteiger partial charge in [-0.1, -0.05) is 18.2 Å². The maximum absolute atomic E-state index is 9.76. The summed E-state index contributed by atoms with van der Waals surface area (Å²) >= 11 is 0. The molecule has 42 valence electrons. The molecular formula is C6H5HgNO. The minimum absolute atomic E-state index is 0. The van der Waals surface area contributed by atoms with Gasteiger partial charge in [-0.2, -0.15) is 0 Å². The van der Waals surface area contributed by atoms with E-state index in [1.807, 2.05) is 6.07 Å². The summed E-state index contributed by atoms with van der Waals surface area (Å²) in [5.74, 6) is 0. The van der Waals surface area contributed by atoms with E-state index in [-0.39, 0.29) is 27.7 Å². The van der Waals surface area contributed by atoms with E-state index in [0.29, 0.717) is 5.69 Å². The first-order chi connectivity index (χ1) is 3.93. The Morgan fingerprint density at radius 1 is 1.11 bits per heavy atom. The Kier molecular flexibility index (Phi) is 4.49. The largest absolute Gasteiger partial charge is 0.145 e. The smallest absolute Gasteiger partial charge is 0.107 e. The van der Waals surface area contributed by atoms with Crippen LogP contribution in [0, 0.1) is 4.91 Å². The molecule has 0 unspecified atom stereocenters. The molecule has 0 amide bonds. The third-order valence-corrected chi connectivity index (χ3v) is 0.862. The molecule has 9 heavy (non-hydrogen) atoms. The van der Waals surface area contributed by atoms with Gasteiger partial charge in [-0.3, -0.25) is 0 Å². The van der Waals surface area contributed by atoms with Crippen LogP contribution in [-0.2, 0) is 27.7 Å². The van der Waals surface area contributed by atoms with Gasteiger partial charge in [-0.25, -0.2) is 0 Å². The molecule has 0 fully saturated rings. The van der Waals surface area contributed by atoms with Crippen molar-refractivity contribution in [1.82, 2.24) is 0 Å². The summed E-state index contributed by atoms with van der Waals surface area (Å²) in [6.07, 6.45) is 0. The van der Waals surface area contributed by atoms with Crippen molar-refractivity contribution in [2.75, 3.05) is 0 Å². The van der Waals surface area contributed by atoms with E-state index in [4.69, 9.17) is 0 Å². The summed E-state index contributed by atoms with van der Waals surface area (Å²) < 4.78 is 0. The Labute approximate surface area is 73.8 Å². The molecule has 0 aliphatic carbocycles. The van der Waals surface area contributed by atoms with Crippen LogP contribution in [0.5, 0.6) is 0 Å². The van der Waals surface area contributed by atoms with Gasteiger partial charge in [0, 0.05) is 27.7 Å². The van der Waals surface area contributed by atoms with Gasteiger partial charge >= 0.3 is 0 Å². The summed E-state index contributed by atoms with van der Waals surface area (Å²) in [7, 11) is 0. The van der Waals surface area contributed by atoms with Gasteiger partial charge in [0.2, 0.25) is 0 Å². The summed E-state index contributed by atoms with van der Waals surface area (Å²) in [5.41, 5.74) is 0.479. The van der Waals surface area contributed by atoms with Crippen molar-refractivity contribution in [3.8, 4) is 0 Å². The van der Waals surface area contributed by atoms with Gasteiger partial charge in [-0.05, 0) is 17.3 Å². The summed E-state index contributed by atoms with van der Waals surface area (Å²) in [6.45, 7) is 0. The molecule has 0 aliphatic rings. The van der Waals surface area contributed by atoms with Gasteiger partial charge in [0.25, 0.3) is 0 Å². The number of benzene rings is 1. The van der Waals surface area contributed by atoms with Gasteiger partial charge in [0.05, 0.1) is 0 Å². The quantitative estimate of drug-likeness (QED) is 0.577. The Morgan fingerprint density at radius 3 is 2.00 bits per heavy atom. The summed E-state index contributed by atoms with van der Waals surface area (Å²) in [4.78, 5) is 9.76. The first-order valence-corrected chi connectivity index (χ1v) is 2.32. The van der Waals surface area contributed by atoms with Gasteiger partial charge in [0.1, 0.15) is 5.69 Å². The topological polar surface area (TPSA) is 29.4 Å². The summed E-state index contributed by atoms with van der Waals surface area (Å²) in [5, 5.41) is 2.72. The SMILES string of the molecule is O=Nc1ccccc1.[Hg]. The molecule has 1 rings (SSSR count). The van der Waals surface area contributed by atoms with Crippen LogP contribution < -0.4 is 0 Å². The van der Waals surface area contributed by atoms with E-state index >= 15 is 0 Å². The van der Waals surface area contributed by atoms with Crippen molar-refractivity contribution in [2.45, 2.75) is 0 Å². The maximum Gasteiger partial charge on any atom is 0.107 e. The minimum atomic E-state index is 0. The molecule has 0 aromatic heterocycles. The zero-order chi connectivity index (χ0) is 5.82. The molecule has 3 heteroatoms. The number of hydrogen-bond acceptors (Lipinski definition) is 2. The molecule has 1 aromatic rings. The van der Waals surface area contributed by atoms with Crippen molar-refractivity contribution >= 4 is 5.69 Å². The normalized spacial score (nSPS) is 7.56. The molecule has 0 spiro atoms. The average molecular weight is 308 g/mol. The van der Waals surface area contributed by atoms with E-state index in [2.05, 4.69) is 5.18 Å². The van der Waals surface area contributed by atoms with Crippen LogP contribution in [0.3, 0.4) is 0 Å². The molecule has 0 radical (unpaired) electrons. The first-order valence-electron chi connectivity index (χ1n) is 2.32. The monoisotopic (exact) mass is 309 g/mol. The van der Waals surface area contributed by atoms with Crippen molar-refractivity contribution in [3.05, 3.63) is 35.2 Å². The number of nitroso groups, excluding NO2 is 1. The zero-order valence-electron chi connectivity index (χ0n) is 4.95. The van der Waals surface area contributed by atoms with Crippen molar-refractivity contribution in [1.29, 1.82) is 0 Å². The molecule has 0 bridgehead atoms. The molecule has 0 aliphatic heterocycles. The second-order valence-electron chi connectivity index (χ2n) is 1.43. The predicted molar refractivity (Wildman–Crippen MR) is 31.9 cm³/mol. The predicted octanol–water partition coefficient (Wildman–Crippen LogP) is 2.08. The molecular weight excluding hydrogens is 303 g/mol. The molecule has 0 heterocycles. The Bertz CT molecular complexity index is 176. The minimum Gasteiger partial charge on any atom is -0.145 e. The van der Waals surface area contributed by atoms with Crippen LogP contribution in [0.4, 0.5) is 5.69 Å². The van der Waals surface area contributed by atoms with Crippen molar-refractivity contribution in [3.63, 3.8) is 0 Å². The van der Waals surface area contributed by atoms with Crippen LogP contribution in [0.25, 0.3) is 0 Å². The zero-order valence-corrected chi connectivity index (χ0v) is 10.4. The van der Waals surface area contributed by atoms with E-state index < -0.39 is 0 Å². The van der Waals surface area contributed by atoms with Crippen LogP contribution >= 0.6 is 0 Å². The Hall–Kier alpha value is -0.245. The van der Waals surface area contributed by atoms with Crippen LogP contribution in [0.1, 0.15) is 0 Å². The standard InChI is InChI=1S/C6H5NO.Hg/c8-7-6-4-2-1-3-5-6;/h1-5H;. The van der Waals surface area contributed by atoms with Gasteiger partial charge in [-0.15, -0.1) is 4.91 Å². The fraction of sp³-hybridized carbons (Fsp3) is 0. The van der Waals surface area contributed by atoms with Gasteiger partial charge < -0.3 is 0 Å². The number of rotatable bonds is 1. The maximum atomic E-state index is 9.76. The second-order valence-corrected chi connectivity index (χ2v) is 1.43. The number of hydrogen-bond donors (Lipinski definition) is 0. The molecule has 1 aromatic carbocycles. The average Bonchev–Trinajstić information content (AvgIpc) is 1.90. The molecule has 0 N–H and O–H groups in total. The third kappa shape index (κ3) is 2.70. The van der Waals surface area contributed by atoms with E-state index in [1.165, 1.54) is 0 Å². The number of nitrogens with zero attached hydrogens (tertiary/aromatic N) is 1.